The second-order valence-electron chi connectivity index (χ2n) is 4.48. The highest BCUT2D eigenvalue weighted by Gasteiger charge is 2.32. The Morgan fingerprint density at radius 1 is 0.905 bits per heavy atom. The number of hydrogen-bond donors (Lipinski definition) is 0. The molecule has 0 aromatic carbocycles. The van der Waals surface area contributed by atoms with Crippen LogP contribution in [0.2, 0.25) is 0 Å². The summed E-state index contributed by atoms with van der Waals surface area (Å²) in [6.45, 7) is -3.18. The van der Waals surface area contributed by atoms with E-state index in [2.05, 4.69) is 19.4 Å². The highest BCUT2D eigenvalue weighted by Crippen LogP contribution is 2.39. The molecule has 0 aliphatic heterocycles. The molecule has 0 saturated heterocycles. The van der Waals surface area contributed by atoms with Gasteiger partial charge in [-0.3, -0.25) is 0 Å². The largest absolute Gasteiger partial charge is 0.468 e. The Hall–Kier alpha value is -1.74. The second kappa shape index (κ2) is 5.57. The average Bonchev–Trinajstić information content (AvgIpc) is 3.16. The Morgan fingerprint density at radius 3 is 1.67 bits per heavy atom. The van der Waals surface area contributed by atoms with E-state index in [-0.39, 0.29) is 11.7 Å². The van der Waals surface area contributed by atoms with Crippen molar-refractivity contribution in [1.29, 1.82) is 0 Å². The molecule has 0 radical (unpaired) electrons. The Balaban J connectivity index is 2.10. The highest BCUT2D eigenvalue weighted by atomic mass is 19.4. The lowest BCUT2D eigenvalue weighted by molar-refractivity contribution is -0.154. The molecule has 4 nitrogen and oxygen atoms in total. The molecule has 0 amide bonds. The van der Waals surface area contributed by atoms with Gasteiger partial charge in [-0.25, -0.2) is 0 Å². The summed E-state index contributed by atoms with van der Waals surface area (Å²) in [6.07, 6.45) is -7.70. The first-order valence-electron chi connectivity index (χ1n) is 5.90. The van der Waals surface area contributed by atoms with Crippen LogP contribution in [0.25, 0.3) is 0 Å². The first-order valence-corrected chi connectivity index (χ1v) is 5.90. The molecule has 118 valence electrons. The van der Waals surface area contributed by atoms with Gasteiger partial charge in [0.25, 0.3) is 0 Å². The zero-order chi connectivity index (χ0) is 15.7. The van der Waals surface area contributed by atoms with E-state index >= 15 is 0 Å². The van der Waals surface area contributed by atoms with E-state index < -0.39 is 37.3 Å². The Kier molecular flexibility index (Phi) is 4.15. The molecule has 1 heterocycles. The van der Waals surface area contributed by atoms with Crippen molar-refractivity contribution in [2.75, 3.05) is 13.2 Å². The molecular weight excluding hydrogens is 306 g/mol. The molecule has 0 N–H and O–H groups in total. The molecule has 21 heavy (non-hydrogen) atoms. The minimum atomic E-state index is -4.57. The van der Waals surface area contributed by atoms with Crippen LogP contribution in [-0.4, -0.2) is 35.5 Å². The van der Waals surface area contributed by atoms with Gasteiger partial charge in [0.1, 0.15) is 5.82 Å². The molecule has 1 aromatic heterocycles. The molecule has 1 aliphatic rings. The molecule has 0 bridgehead atoms. The molecule has 0 atom stereocenters. The van der Waals surface area contributed by atoms with Gasteiger partial charge in [0.15, 0.2) is 13.2 Å². The van der Waals surface area contributed by atoms with Gasteiger partial charge in [0.2, 0.25) is 11.8 Å². The minimum absolute atomic E-state index is 0.0762. The summed E-state index contributed by atoms with van der Waals surface area (Å²) in [4.78, 5) is 7.50. The van der Waals surface area contributed by atoms with Crippen molar-refractivity contribution in [3.63, 3.8) is 0 Å². The van der Waals surface area contributed by atoms with Crippen molar-refractivity contribution in [1.82, 2.24) is 9.97 Å². The maximum Gasteiger partial charge on any atom is 0.422 e. The van der Waals surface area contributed by atoms with E-state index in [9.17, 15) is 26.3 Å². The quantitative estimate of drug-likeness (QED) is 0.782. The van der Waals surface area contributed by atoms with Gasteiger partial charge in [-0.2, -0.15) is 36.3 Å². The van der Waals surface area contributed by atoms with E-state index in [0.29, 0.717) is 0 Å². The fourth-order valence-electron chi connectivity index (χ4n) is 1.40. The zero-order valence-electron chi connectivity index (χ0n) is 10.5. The summed E-state index contributed by atoms with van der Waals surface area (Å²) in [5, 5.41) is 0. The topological polar surface area (TPSA) is 44.2 Å². The van der Waals surface area contributed by atoms with Crippen LogP contribution in [0, 0.1) is 0 Å². The first kappa shape index (κ1) is 15.6. The lowest BCUT2D eigenvalue weighted by atomic mass is 10.4. The van der Waals surface area contributed by atoms with Crippen molar-refractivity contribution >= 4 is 0 Å². The Bertz CT molecular complexity index is 462. The normalized spacial score (nSPS) is 15.9. The second-order valence-corrected chi connectivity index (χ2v) is 4.48. The molecule has 10 heteroatoms. The number of ether oxygens (including phenoxy) is 2. The molecule has 1 fully saturated rings. The smallest absolute Gasteiger partial charge is 0.422 e. The van der Waals surface area contributed by atoms with Crippen molar-refractivity contribution in [3.8, 4) is 11.8 Å². The maximum atomic E-state index is 12.1. The van der Waals surface area contributed by atoms with Gasteiger partial charge >= 0.3 is 12.4 Å². The fraction of sp³-hybridized carbons (Fsp3) is 0.636. The highest BCUT2D eigenvalue weighted by molar-refractivity contribution is 5.24. The lowest BCUT2D eigenvalue weighted by Gasteiger charge is -2.12. The molecule has 1 aliphatic carbocycles. The standard InChI is InChI=1S/C11H10F6N2O2/c12-10(13,14)4-20-7-3-8(21-5-11(15,16)17)19-9(18-7)6-1-2-6/h3,6H,1-2,4-5H2. The van der Waals surface area contributed by atoms with Crippen molar-refractivity contribution < 1.29 is 35.8 Å². The van der Waals surface area contributed by atoms with Crippen LogP contribution in [0.5, 0.6) is 11.8 Å². The third-order valence-corrected chi connectivity index (χ3v) is 2.41. The van der Waals surface area contributed by atoms with Crippen LogP contribution in [0.4, 0.5) is 26.3 Å². The van der Waals surface area contributed by atoms with Gasteiger partial charge in [-0.1, -0.05) is 0 Å². The summed E-state index contributed by atoms with van der Waals surface area (Å²) in [5.74, 6) is -0.859. The number of hydrogen-bond acceptors (Lipinski definition) is 4. The first-order chi connectivity index (χ1) is 9.62. The Labute approximate surface area is 115 Å². The van der Waals surface area contributed by atoms with Crippen LogP contribution in [0.3, 0.4) is 0 Å². The van der Waals surface area contributed by atoms with Crippen LogP contribution < -0.4 is 9.47 Å². The van der Waals surface area contributed by atoms with Crippen LogP contribution in [-0.2, 0) is 0 Å². The van der Waals surface area contributed by atoms with E-state index in [1.165, 1.54) is 0 Å². The monoisotopic (exact) mass is 316 g/mol. The van der Waals surface area contributed by atoms with E-state index in [4.69, 9.17) is 0 Å². The summed E-state index contributed by atoms with van der Waals surface area (Å²) in [5.41, 5.74) is 0. The summed E-state index contributed by atoms with van der Waals surface area (Å²) in [7, 11) is 0. The predicted molar refractivity (Wildman–Crippen MR) is 57.1 cm³/mol. The van der Waals surface area contributed by atoms with Gasteiger partial charge in [-0.15, -0.1) is 0 Å². The van der Waals surface area contributed by atoms with Gasteiger partial charge in [0.05, 0.1) is 6.07 Å². The maximum absolute atomic E-state index is 12.1. The third kappa shape index (κ3) is 5.64. The predicted octanol–water partition coefficient (Wildman–Crippen LogP) is 3.24. The summed E-state index contributed by atoms with van der Waals surface area (Å²) in [6, 6.07) is 0.809. The minimum Gasteiger partial charge on any atom is -0.468 e. The van der Waals surface area contributed by atoms with Crippen LogP contribution >= 0.6 is 0 Å². The third-order valence-electron chi connectivity index (χ3n) is 2.41. The molecular formula is C11H10F6N2O2. The molecule has 0 unspecified atom stereocenters. The van der Waals surface area contributed by atoms with E-state index in [0.717, 1.165) is 18.9 Å². The van der Waals surface area contributed by atoms with E-state index in [1.54, 1.807) is 0 Å². The molecule has 1 saturated carbocycles. The average molecular weight is 316 g/mol. The number of aromatic nitrogens is 2. The lowest BCUT2D eigenvalue weighted by Crippen LogP contribution is -2.21. The van der Waals surface area contributed by atoms with Crippen molar-refractivity contribution in [3.05, 3.63) is 11.9 Å². The van der Waals surface area contributed by atoms with Crippen molar-refractivity contribution in [2.45, 2.75) is 31.1 Å². The van der Waals surface area contributed by atoms with Gasteiger partial charge in [0, 0.05) is 5.92 Å². The number of alkyl halides is 6. The van der Waals surface area contributed by atoms with Gasteiger partial charge in [-0.05, 0) is 12.8 Å². The number of nitrogens with zero attached hydrogens (tertiary/aromatic N) is 2. The fourth-order valence-corrected chi connectivity index (χ4v) is 1.40. The van der Waals surface area contributed by atoms with Crippen LogP contribution in [0.1, 0.15) is 24.6 Å². The molecule has 1 aromatic rings. The SMILES string of the molecule is FC(F)(F)COc1cc(OCC(F)(F)F)nc(C2CC2)n1. The Morgan fingerprint density at radius 2 is 1.33 bits per heavy atom. The molecule has 2 rings (SSSR count). The van der Waals surface area contributed by atoms with Crippen LogP contribution in [0.15, 0.2) is 6.07 Å². The zero-order valence-corrected chi connectivity index (χ0v) is 10.5. The number of halogens is 6. The van der Waals surface area contributed by atoms with Crippen molar-refractivity contribution in [2.24, 2.45) is 0 Å². The number of rotatable bonds is 5. The van der Waals surface area contributed by atoms with Gasteiger partial charge < -0.3 is 9.47 Å². The van der Waals surface area contributed by atoms with E-state index in [1.807, 2.05) is 0 Å². The molecule has 0 spiro atoms. The summed E-state index contributed by atoms with van der Waals surface area (Å²) >= 11 is 0. The summed E-state index contributed by atoms with van der Waals surface area (Å²) < 4.78 is 81.3.